The number of hydrogen-bond donors (Lipinski definition) is 0. The van der Waals surface area contributed by atoms with Crippen molar-refractivity contribution in [3.8, 4) is 89.4 Å². The van der Waals surface area contributed by atoms with Gasteiger partial charge in [0.1, 0.15) is 11.5 Å². The number of ether oxygens (including phenoxy) is 2. The summed E-state index contributed by atoms with van der Waals surface area (Å²) in [6.45, 7) is 14.2. The first-order valence-electron chi connectivity index (χ1n) is 27.8. The number of fused-ring (bicyclic) bond motifs is 13. The summed E-state index contributed by atoms with van der Waals surface area (Å²) in [5, 5.41) is 10.1. The molecule has 0 amide bonds. The van der Waals surface area contributed by atoms with Crippen LogP contribution in [-0.4, -0.2) is 14.2 Å². The van der Waals surface area contributed by atoms with Crippen molar-refractivity contribution in [1.82, 2.24) is 0 Å². The quantitative estimate of drug-likeness (QED) is 0.148. The van der Waals surface area contributed by atoms with Crippen molar-refractivity contribution in [2.75, 3.05) is 14.2 Å². The third kappa shape index (κ3) is 6.32. The third-order valence-electron chi connectivity index (χ3n) is 19.0. The lowest BCUT2D eigenvalue weighted by Crippen LogP contribution is -2.19. The molecule has 376 valence electrons. The molecule has 0 aromatic heterocycles. The Bertz CT molecular complexity index is 4470. The molecule has 0 spiro atoms. The summed E-state index contributed by atoms with van der Waals surface area (Å²) in [5.41, 5.74) is 25.7. The molecule has 78 heavy (non-hydrogen) atoms. The van der Waals surface area contributed by atoms with E-state index in [-0.39, 0.29) is 16.2 Å². The van der Waals surface area contributed by atoms with E-state index in [1.165, 1.54) is 154 Å². The van der Waals surface area contributed by atoms with Crippen molar-refractivity contribution in [3.05, 3.63) is 240 Å². The summed E-state index contributed by atoms with van der Waals surface area (Å²) >= 11 is 0. The van der Waals surface area contributed by atoms with Crippen molar-refractivity contribution in [1.29, 1.82) is 0 Å². The van der Waals surface area contributed by atoms with E-state index >= 15 is 0 Å². The largest absolute Gasteiger partial charge is 0.497 e. The molecular formula is C76H60O2. The Kier molecular flexibility index (Phi) is 9.94. The second-order valence-electron chi connectivity index (χ2n) is 23.5. The summed E-state index contributed by atoms with van der Waals surface area (Å²) in [5.74, 6) is 1.80. The van der Waals surface area contributed by atoms with Crippen molar-refractivity contribution < 1.29 is 9.47 Å². The van der Waals surface area contributed by atoms with Crippen molar-refractivity contribution >= 4 is 43.1 Å². The molecule has 15 rings (SSSR count). The van der Waals surface area contributed by atoms with Gasteiger partial charge in [0.15, 0.2) is 0 Å². The number of hydrogen-bond acceptors (Lipinski definition) is 2. The van der Waals surface area contributed by atoms with Crippen LogP contribution < -0.4 is 9.47 Å². The van der Waals surface area contributed by atoms with Gasteiger partial charge in [0.05, 0.1) is 14.2 Å². The lowest BCUT2D eigenvalue weighted by Gasteiger charge is -2.27. The SMILES string of the molecule is CCC1(C)c2cc(-c3ccc4c(c3)C(C)(C)c3cc(OC)ccc3-4)ccc2-c2ccc(-c3c4ccccc4c(-c4c5ccccc5c(-c5ccc6c(c5)C(C)(C)c5cc(OC)ccc5-6)c5ccccc45)c4ccccc34)cc21. The zero-order valence-corrected chi connectivity index (χ0v) is 45.7. The molecule has 12 aromatic carbocycles. The molecule has 1 unspecified atom stereocenters. The van der Waals surface area contributed by atoms with E-state index in [2.05, 4.69) is 248 Å². The first-order chi connectivity index (χ1) is 37.9. The highest BCUT2D eigenvalue weighted by Gasteiger charge is 2.41. The lowest BCUT2D eigenvalue weighted by molar-refractivity contribution is 0.413. The van der Waals surface area contributed by atoms with Crippen LogP contribution in [0.5, 0.6) is 11.5 Å². The highest BCUT2D eigenvalue weighted by Crippen LogP contribution is 2.57. The second-order valence-corrected chi connectivity index (χ2v) is 23.5. The Morgan fingerprint density at radius 1 is 0.282 bits per heavy atom. The molecular weight excluding hydrogens is 945 g/mol. The summed E-state index contributed by atoms with van der Waals surface area (Å²) in [6.07, 6.45) is 0.983. The van der Waals surface area contributed by atoms with Crippen LogP contribution in [0.15, 0.2) is 206 Å². The van der Waals surface area contributed by atoms with Gasteiger partial charge in [-0.3, -0.25) is 0 Å². The first kappa shape index (κ1) is 46.6. The molecule has 0 N–H and O–H groups in total. The van der Waals surface area contributed by atoms with E-state index in [0.29, 0.717) is 0 Å². The number of benzene rings is 12. The fourth-order valence-corrected chi connectivity index (χ4v) is 14.8. The average Bonchev–Trinajstić information content (AvgIpc) is 4.03. The predicted molar refractivity (Wildman–Crippen MR) is 329 cm³/mol. The van der Waals surface area contributed by atoms with Crippen LogP contribution in [0.4, 0.5) is 0 Å². The molecule has 0 aliphatic heterocycles. The molecule has 12 aromatic rings. The molecule has 0 heterocycles. The normalized spacial score (nSPS) is 16.0. The minimum absolute atomic E-state index is 0.138. The predicted octanol–water partition coefficient (Wildman–Crippen LogP) is 20.3. The van der Waals surface area contributed by atoms with E-state index < -0.39 is 0 Å². The Balaban J connectivity index is 0.877. The molecule has 0 saturated carbocycles. The summed E-state index contributed by atoms with van der Waals surface area (Å²) < 4.78 is 11.4. The molecule has 2 heteroatoms. The summed E-state index contributed by atoms with van der Waals surface area (Å²) in [6, 6.07) is 78.6. The van der Waals surface area contributed by atoms with Gasteiger partial charge >= 0.3 is 0 Å². The Morgan fingerprint density at radius 3 is 0.872 bits per heavy atom. The minimum atomic E-state index is -0.187. The first-order valence-corrected chi connectivity index (χ1v) is 27.8. The van der Waals surface area contributed by atoms with Gasteiger partial charge in [-0.2, -0.15) is 0 Å². The lowest BCUT2D eigenvalue weighted by atomic mass is 9.76. The fraction of sp³-hybridized carbons (Fsp3) is 0.158. The molecule has 0 bridgehead atoms. The third-order valence-corrected chi connectivity index (χ3v) is 19.0. The topological polar surface area (TPSA) is 18.5 Å². The van der Waals surface area contributed by atoms with Gasteiger partial charge in [-0.1, -0.05) is 199 Å². The molecule has 1 atom stereocenters. The van der Waals surface area contributed by atoms with Gasteiger partial charge in [0, 0.05) is 16.2 Å². The molecule has 0 radical (unpaired) electrons. The van der Waals surface area contributed by atoms with Crippen LogP contribution in [0.2, 0.25) is 0 Å². The van der Waals surface area contributed by atoms with Crippen LogP contribution >= 0.6 is 0 Å². The summed E-state index contributed by atoms with van der Waals surface area (Å²) in [4.78, 5) is 0. The summed E-state index contributed by atoms with van der Waals surface area (Å²) in [7, 11) is 3.51. The molecule has 0 saturated heterocycles. The number of methoxy groups -OCH3 is 2. The number of rotatable bonds is 7. The maximum Gasteiger partial charge on any atom is 0.119 e. The molecule has 3 aliphatic rings. The van der Waals surface area contributed by atoms with Gasteiger partial charge in [-0.15, -0.1) is 0 Å². The Labute approximate surface area is 457 Å². The van der Waals surface area contributed by atoms with Crippen molar-refractivity contribution in [2.24, 2.45) is 0 Å². The second kappa shape index (κ2) is 16.6. The minimum Gasteiger partial charge on any atom is -0.497 e. The van der Waals surface area contributed by atoms with Gasteiger partial charge in [-0.25, -0.2) is 0 Å². The molecule has 0 fully saturated rings. The van der Waals surface area contributed by atoms with Crippen molar-refractivity contribution in [3.63, 3.8) is 0 Å². The highest BCUT2D eigenvalue weighted by molar-refractivity contribution is 6.30. The van der Waals surface area contributed by atoms with Gasteiger partial charge in [0.25, 0.3) is 0 Å². The van der Waals surface area contributed by atoms with Crippen molar-refractivity contribution in [2.45, 2.75) is 64.2 Å². The van der Waals surface area contributed by atoms with Crippen LogP contribution in [0.25, 0.3) is 121 Å². The van der Waals surface area contributed by atoms with E-state index in [1.54, 1.807) is 14.2 Å². The smallest absolute Gasteiger partial charge is 0.119 e. The van der Waals surface area contributed by atoms with E-state index in [4.69, 9.17) is 9.47 Å². The maximum atomic E-state index is 5.73. The maximum absolute atomic E-state index is 5.73. The monoisotopic (exact) mass is 1000 g/mol. The Hall–Kier alpha value is -8.72. The van der Waals surface area contributed by atoms with Gasteiger partial charge in [-0.05, 0) is 209 Å². The fourth-order valence-electron chi connectivity index (χ4n) is 14.8. The van der Waals surface area contributed by atoms with Crippen LogP contribution in [0, 0.1) is 0 Å². The molecule has 2 nitrogen and oxygen atoms in total. The molecule has 3 aliphatic carbocycles. The zero-order valence-electron chi connectivity index (χ0n) is 45.7. The standard InChI is InChI=1S/C76H60O2/c1-9-76(6)68-39-45(44-26-32-50-52-36-30-48(77-7)42-66(52)74(2,3)64(50)38-44)27-33-54(68)55-35-29-47(41-69(55)76)71-58-20-12-16-24-62(58)73(63-25-17-13-21-59(63)71)72-60-22-14-10-18-56(60)70(57-19-11-15-23-61(57)72)46-28-34-51-53-37-31-49(78-8)43-67(53)75(4,5)65(51)40-46/h10-43H,9H2,1-8H3. The van der Waals surface area contributed by atoms with E-state index in [9.17, 15) is 0 Å². The van der Waals surface area contributed by atoms with Gasteiger partial charge in [0.2, 0.25) is 0 Å². The van der Waals surface area contributed by atoms with E-state index in [0.717, 1.165) is 17.9 Å². The Morgan fingerprint density at radius 2 is 0.538 bits per heavy atom. The van der Waals surface area contributed by atoms with E-state index in [1.807, 2.05) is 0 Å². The van der Waals surface area contributed by atoms with Crippen LogP contribution in [0.3, 0.4) is 0 Å². The highest BCUT2D eigenvalue weighted by atomic mass is 16.5. The van der Waals surface area contributed by atoms with Gasteiger partial charge < -0.3 is 9.47 Å². The zero-order chi connectivity index (χ0) is 53.0. The average molecular weight is 1010 g/mol. The van der Waals surface area contributed by atoms with Crippen LogP contribution in [-0.2, 0) is 16.2 Å². The van der Waals surface area contributed by atoms with Crippen LogP contribution in [0.1, 0.15) is 81.3 Å².